The van der Waals surface area contributed by atoms with E-state index in [1.165, 1.54) is 0 Å². The Kier molecular flexibility index (Phi) is 4.17. The number of carbonyl (C=O) groups excluding carboxylic acids is 1. The summed E-state index contributed by atoms with van der Waals surface area (Å²) >= 11 is 0. The third kappa shape index (κ3) is 3.56. The van der Waals surface area contributed by atoms with Gasteiger partial charge in [0.25, 0.3) is 0 Å². The van der Waals surface area contributed by atoms with Gasteiger partial charge in [0.2, 0.25) is 0 Å². The van der Waals surface area contributed by atoms with Gasteiger partial charge in [0.15, 0.2) is 0 Å². The SMILES string of the molecule is O=C(O)c1ccc(C(=O)O)c(C(=O)Oc2cc(O)cc(O)c2)c1. The van der Waals surface area contributed by atoms with Gasteiger partial charge in [-0.1, -0.05) is 0 Å². The van der Waals surface area contributed by atoms with Crippen LogP contribution in [-0.2, 0) is 0 Å². The molecule has 2 aromatic carbocycles. The number of esters is 1. The van der Waals surface area contributed by atoms with Gasteiger partial charge in [0, 0.05) is 18.2 Å². The molecule has 4 N–H and O–H groups in total. The summed E-state index contributed by atoms with van der Waals surface area (Å²) in [6.07, 6.45) is 0. The Morgan fingerprint density at radius 3 is 1.91 bits per heavy atom. The van der Waals surface area contributed by atoms with Crippen molar-refractivity contribution in [3.05, 3.63) is 53.1 Å². The van der Waals surface area contributed by atoms with E-state index in [0.717, 1.165) is 36.4 Å². The van der Waals surface area contributed by atoms with Crippen LogP contribution in [0.5, 0.6) is 17.2 Å². The molecule has 0 unspecified atom stereocenters. The molecule has 0 aliphatic heterocycles. The summed E-state index contributed by atoms with van der Waals surface area (Å²) in [6, 6.07) is 5.95. The van der Waals surface area contributed by atoms with Gasteiger partial charge in [-0.25, -0.2) is 14.4 Å². The van der Waals surface area contributed by atoms with E-state index in [-0.39, 0.29) is 22.8 Å². The van der Waals surface area contributed by atoms with E-state index in [1.54, 1.807) is 0 Å². The van der Waals surface area contributed by atoms with Crippen LogP contribution in [0.15, 0.2) is 36.4 Å². The first-order chi connectivity index (χ1) is 10.8. The van der Waals surface area contributed by atoms with Crippen LogP contribution in [0.1, 0.15) is 31.1 Å². The number of aromatic carboxylic acids is 2. The Balaban J connectivity index is 2.42. The number of carboxylic acids is 2. The number of ether oxygens (including phenoxy) is 1. The quantitative estimate of drug-likeness (QED) is 0.493. The lowest BCUT2D eigenvalue weighted by atomic mass is 10.0. The Morgan fingerprint density at radius 1 is 0.783 bits per heavy atom. The van der Waals surface area contributed by atoms with Gasteiger partial charge in [-0.05, 0) is 18.2 Å². The van der Waals surface area contributed by atoms with Gasteiger partial charge in [0.1, 0.15) is 17.2 Å². The van der Waals surface area contributed by atoms with Crippen molar-refractivity contribution in [1.29, 1.82) is 0 Å². The molecule has 0 saturated carbocycles. The number of hydrogen-bond acceptors (Lipinski definition) is 6. The molecule has 2 aromatic rings. The number of hydrogen-bond donors (Lipinski definition) is 4. The van der Waals surface area contributed by atoms with Crippen LogP contribution in [-0.4, -0.2) is 38.3 Å². The van der Waals surface area contributed by atoms with Crippen LogP contribution in [0.25, 0.3) is 0 Å². The summed E-state index contributed by atoms with van der Waals surface area (Å²) in [6.45, 7) is 0. The number of carboxylic acid groups (broad SMARTS) is 2. The molecule has 0 bridgehead atoms. The van der Waals surface area contributed by atoms with Gasteiger partial charge >= 0.3 is 17.9 Å². The minimum atomic E-state index is -1.44. The minimum Gasteiger partial charge on any atom is -0.508 e. The molecule has 23 heavy (non-hydrogen) atoms. The highest BCUT2D eigenvalue weighted by Crippen LogP contribution is 2.26. The molecule has 0 fully saturated rings. The summed E-state index contributed by atoms with van der Waals surface area (Å²) in [5.41, 5.74) is -1.20. The normalized spacial score (nSPS) is 10.1. The van der Waals surface area contributed by atoms with Crippen LogP contribution in [0.2, 0.25) is 0 Å². The lowest BCUT2D eigenvalue weighted by molar-refractivity contribution is 0.0663. The second-order valence-corrected chi connectivity index (χ2v) is 4.45. The molecule has 0 saturated heterocycles. The van der Waals surface area contributed by atoms with Crippen LogP contribution in [0.4, 0.5) is 0 Å². The van der Waals surface area contributed by atoms with Gasteiger partial charge < -0.3 is 25.2 Å². The van der Waals surface area contributed by atoms with Gasteiger partial charge in [-0.2, -0.15) is 0 Å². The molecule has 2 rings (SSSR count). The number of phenols is 2. The maximum Gasteiger partial charge on any atom is 0.344 e. The Hall–Kier alpha value is -3.55. The highest BCUT2D eigenvalue weighted by atomic mass is 16.5. The number of phenolic OH excluding ortho intramolecular Hbond substituents is 2. The molecule has 0 heterocycles. The fourth-order valence-corrected chi connectivity index (χ4v) is 1.82. The van der Waals surface area contributed by atoms with Gasteiger partial charge in [0.05, 0.1) is 16.7 Å². The molecule has 118 valence electrons. The first kappa shape index (κ1) is 15.8. The minimum absolute atomic E-state index is 0.232. The highest BCUT2D eigenvalue weighted by Gasteiger charge is 2.21. The fourth-order valence-electron chi connectivity index (χ4n) is 1.82. The largest absolute Gasteiger partial charge is 0.508 e. The molecule has 0 radical (unpaired) electrons. The molecular weight excluding hydrogens is 308 g/mol. The van der Waals surface area contributed by atoms with Crippen LogP contribution in [0, 0.1) is 0 Å². The fraction of sp³-hybridized carbons (Fsp3) is 0. The molecule has 0 spiro atoms. The van der Waals surface area contributed by atoms with Gasteiger partial charge in [-0.15, -0.1) is 0 Å². The molecule has 0 aromatic heterocycles. The zero-order chi connectivity index (χ0) is 17.1. The van der Waals surface area contributed by atoms with E-state index >= 15 is 0 Å². The smallest absolute Gasteiger partial charge is 0.344 e. The lowest BCUT2D eigenvalue weighted by Gasteiger charge is -2.08. The third-order valence-corrected chi connectivity index (χ3v) is 2.80. The maximum atomic E-state index is 12.1. The van der Waals surface area contributed by atoms with Crippen LogP contribution in [0.3, 0.4) is 0 Å². The van der Waals surface area contributed by atoms with E-state index < -0.39 is 29.0 Å². The van der Waals surface area contributed by atoms with Crippen molar-refractivity contribution in [2.24, 2.45) is 0 Å². The number of carbonyl (C=O) groups is 3. The van der Waals surface area contributed by atoms with E-state index in [1.807, 2.05) is 0 Å². The second-order valence-electron chi connectivity index (χ2n) is 4.45. The zero-order valence-electron chi connectivity index (χ0n) is 11.4. The maximum absolute atomic E-state index is 12.1. The lowest BCUT2D eigenvalue weighted by Crippen LogP contribution is -2.15. The monoisotopic (exact) mass is 318 g/mol. The van der Waals surface area contributed by atoms with Crippen molar-refractivity contribution < 1.29 is 39.5 Å². The van der Waals surface area contributed by atoms with Crippen molar-refractivity contribution in [1.82, 2.24) is 0 Å². The van der Waals surface area contributed by atoms with Crippen LogP contribution < -0.4 is 4.74 Å². The van der Waals surface area contributed by atoms with Gasteiger partial charge in [-0.3, -0.25) is 0 Å². The predicted octanol–water partition coefficient (Wildman–Crippen LogP) is 1.71. The standard InChI is InChI=1S/C15H10O8/c16-8-4-9(17)6-10(5-8)23-15(22)12-3-7(13(18)19)1-2-11(12)14(20)21/h1-6,16-17H,(H,18,19)(H,20,21). The summed E-state index contributed by atoms with van der Waals surface area (Å²) in [5.74, 6) is -4.89. The summed E-state index contributed by atoms with van der Waals surface area (Å²) in [4.78, 5) is 34.2. The average Bonchev–Trinajstić information content (AvgIpc) is 2.45. The molecule has 8 nitrogen and oxygen atoms in total. The highest BCUT2D eigenvalue weighted by molar-refractivity contribution is 6.05. The van der Waals surface area contributed by atoms with Crippen molar-refractivity contribution in [3.8, 4) is 17.2 Å². The predicted molar refractivity (Wildman–Crippen MR) is 75.1 cm³/mol. The zero-order valence-corrected chi connectivity index (χ0v) is 11.4. The topological polar surface area (TPSA) is 141 Å². The van der Waals surface area contributed by atoms with E-state index in [4.69, 9.17) is 14.9 Å². The summed E-state index contributed by atoms with van der Waals surface area (Å²) in [7, 11) is 0. The molecular formula is C15H10O8. The Morgan fingerprint density at radius 2 is 1.39 bits per heavy atom. The number of aromatic hydroxyl groups is 2. The first-order valence-electron chi connectivity index (χ1n) is 6.14. The molecule has 8 heteroatoms. The van der Waals surface area contributed by atoms with E-state index in [9.17, 15) is 24.6 Å². The number of rotatable bonds is 4. The van der Waals surface area contributed by atoms with Crippen molar-refractivity contribution in [2.75, 3.05) is 0 Å². The second kappa shape index (κ2) is 6.06. The van der Waals surface area contributed by atoms with Crippen molar-refractivity contribution in [2.45, 2.75) is 0 Å². The molecule has 0 amide bonds. The molecule has 0 aliphatic carbocycles. The van der Waals surface area contributed by atoms with E-state index in [2.05, 4.69) is 0 Å². The van der Waals surface area contributed by atoms with Crippen LogP contribution >= 0.6 is 0 Å². The van der Waals surface area contributed by atoms with Crippen molar-refractivity contribution in [3.63, 3.8) is 0 Å². The third-order valence-electron chi connectivity index (χ3n) is 2.80. The Labute approximate surface area is 128 Å². The van der Waals surface area contributed by atoms with E-state index in [0.29, 0.717) is 0 Å². The first-order valence-corrected chi connectivity index (χ1v) is 6.14. The summed E-state index contributed by atoms with van der Waals surface area (Å²) in [5, 5.41) is 36.6. The molecule has 0 atom stereocenters. The average molecular weight is 318 g/mol. The Bertz CT molecular complexity index is 789. The van der Waals surface area contributed by atoms with Crippen molar-refractivity contribution >= 4 is 17.9 Å². The number of benzene rings is 2. The summed E-state index contributed by atoms with van der Waals surface area (Å²) < 4.78 is 4.87. The molecule has 0 aliphatic rings.